The number of benzene rings is 2. The maximum atomic E-state index is 14.2. The normalized spacial score (nSPS) is 10.9. The molecule has 0 aliphatic heterocycles. The molecule has 0 saturated carbocycles. The number of imidazole rings is 1. The SMILES string of the molecule is N=C(c1cc(F)c(F)c2nc(CCNC(=O)O)[nH]c12)N(O)c1ccc(F)c(Cl)c1. The van der Waals surface area contributed by atoms with Crippen LogP contribution in [0.15, 0.2) is 24.3 Å². The van der Waals surface area contributed by atoms with Crippen molar-refractivity contribution in [2.45, 2.75) is 6.42 Å². The Morgan fingerprint density at radius 2 is 2.00 bits per heavy atom. The molecule has 0 aliphatic rings. The molecule has 8 nitrogen and oxygen atoms in total. The summed E-state index contributed by atoms with van der Waals surface area (Å²) in [4.78, 5) is 17.1. The number of amides is 1. The van der Waals surface area contributed by atoms with Crippen molar-refractivity contribution in [2.75, 3.05) is 11.6 Å². The van der Waals surface area contributed by atoms with Crippen LogP contribution in [0.1, 0.15) is 11.4 Å². The van der Waals surface area contributed by atoms with Crippen LogP contribution in [0.2, 0.25) is 5.02 Å². The van der Waals surface area contributed by atoms with E-state index in [0.717, 1.165) is 18.2 Å². The van der Waals surface area contributed by atoms with Gasteiger partial charge in [-0.1, -0.05) is 11.6 Å². The van der Waals surface area contributed by atoms with Crippen molar-refractivity contribution in [3.63, 3.8) is 0 Å². The fourth-order valence-corrected chi connectivity index (χ4v) is 2.78. The maximum absolute atomic E-state index is 14.2. The first-order chi connectivity index (χ1) is 13.7. The highest BCUT2D eigenvalue weighted by atomic mass is 35.5. The first kappa shape index (κ1) is 20.4. The number of nitrogens with zero attached hydrogens (tertiary/aromatic N) is 2. The number of amidine groups is 1. The predicted octanol–water partition coefficient (Wildman–Crippen LogP) is 3.66. The quantitative estimate of drug-likeness (QED) is 0.241. The van der Waals surface area contributed by atoms with E-state index in [1.54, 1.807) is 0 Å². The molecule has 0 unspecified atom stereocenters. The van der Waals surface area contributed by atoms with Gasteiger partial charge in [-0.3, -0.25) is 10.6 Å². The summed E-state index contributed by atoms with van der Waals surface area (Å²) < 4.78 is 41.5. The maximum Gasteiger partial charge on any atom is 0.404 e. The van der Waals surface area contributed by atoms with Crippen LogP contribution in [0.4, 0.5) is 23.7 Å². The Bertz CT molecular complexity index is 1120. The zero-order valence-corrected chi connectivity index (χ0v) is 15.2. The summed E-state index contributed by atoms with van der Waals surface area (Å²) in [6.07, 6.45) is -1.21. The summed E-state index contributed by atoms with van der Waals surface area (Å²) in [5.41, 5.74) is -0.802. The fraction of sp³-hybridized carbons (Fsp3) is 0.118. The van der Waals surface area contributed by atoms with E-state index in [4.69, 9.17) is 22.1 Å². The van der Waals surface area contributed by atoms with Gasteiger partial charge in [0.05, 0.1) is 16.2 Å². The Labute approximate surface area is 166 Å². The lowest BCUT2D eigenvalue weighted by molar-refractivity contribution is 0.194. The number of carboxylic acid groups (broad SMARTS) is 1. The van der Waals surface area contributed by atoms with Gasteiger partial charge in [-0.15, -0.1) is 0 Å². The molecule has 12 heteroatoms. The lowest BCUT2D eigenvalue weighted by Crippen LogP contribution is -2.27. The molecule has 3 rings (SSSR count). The van der Waals surface area contributed by atoms with Gasteiger partial charge in [-0.25, -0.2) is 28.0 Å². The topological polar surface area (TPSA) is 125 Å². The Hall–Kier alpha value is -3.31. The minimum Gasteiger partial charge on any atom is -0.465 e. The smallest absolute Gasteiger partial charge is 0.404 e. The lowest BCUT2D eigenvalue weighted by atomic mass is 10.1. The first-order valence-electron chi connectivity index (χ1n) is 8.05. The molecule has 3 aromatic rings. The largest absolute Gasteiger partial charge is 0.465 e. The minimum absolute atomic E-state index is 0.0355. The van der Waals surface area contributed by atoms with Crippen molar-refractivity contribution in [1.82, 2.24) is 15.3 Å². The standard InChI is InChI=1S/C17H13ClF3N5O3/c18-9-5-7(1-2-10(9)19)26(29)16(22)8-6-11(20)13(21)15-14(8)24-12(25-15)3-4-23-17(27)28/h1-2,5-6,22-23,29H,3-4H2,(H,24,25)(H,27,28). The zero-order valence-electron chi connectivity index (χ0n) is 14.4. The zero-order chi connectivity index (χ0) is 21.3. The van der Waals surface area contributed by atoms with Crippen molar-refractivity contribution in [3.8, 4) is 0 Å². The Kier molecular flexibility index (Phi) is 5.62. The summed E-state index contributed by atoms with van der Waals surface area (Å²) in [5.74, 6) is -3.82. The third kappa shape index (κ3) is 4.10. The summed E-state index contributed by atoms with van der Waals surface area (Å²) in [6, 6.07) is 3.87. The van der Waals surface area contributed by atoms with E-state index in [0.29, 0.717) is 11.1 Å². The number of nitrogens with one attached hydrogen (secondary N) is 3. The molecule has 0 spiro atoms. The Morgan fingerprint density at radius 3 is 2.66 bits per heavy atom. The average molecular weight is 428 g/mol. The number of carbonyl (C=O) groups is 1. The van der Waals surface area contributed by atoms with Gasteiger partial charge in [0, 0.05) is 18.5 Å². The highest BCUT2D eigenvalue weighted by Gasteiger charge is 2.22. The molecule has 2 aromatic carbocycles. The molecule has 29 heavy (non-hydrogen) atoms. The second-order valence-corrected chi connectivity index (χ2v) is 6.27. The van der Waals surface area contributed by atoms with Crippen LogP contribution in [0.25, 0.3) is 11.0 Å². The van der Waals surface area contributed by atoms with E-state index < -0.39 is 34.9 Å². The Morgan fingerprint density at radius 1 is 1.28 bits per heavy atom. The number of aromatic amines is 1. The second kappa shape index (κ2) is 7.97. The van der Waals surface area contributed by atoms with E-state index in [2.05, 4.69) is 15.3 Å². The first-order valence-corrected chi connectivity index (χ1v) is 8.43. The Balaban J connectivity index is 1.99. The summed E-state index contributed by atoms with van der Waals surface area (Å²) in [5, 5.41) is 29.2. The van der Waals surface area contributed by atoms with E-state index >= 15 is 0 Å². The van der Waals surface area contributed by atoms with Crippen LogP contribution in [-0.2, 0) is 6.42 Å². The van der Waals surface area contributed by atoms with Crippen molar-refractivity contribution in [2.24, 2.45) is 0 Å². The molecule has 152 valence electrons. The van der Waals surface area contributed by atoms with Gasteiger partial charge in [-0.05, 0) is 24.3 Å². The van der Waals surface area contributed by atoms with Crippen LogP contribution >= 0.6 is 11.6 Å². The molecule has 1 heterocycles. The number of hydrogen-bond donors (Lipinski definition) is 5. The highest BCUT2D eigenvalue weighted by Crippen LogP contribution is 2.27. The molecule has 5 N–H and O–H groups in total. The molecule has 0 bridgehead atoms. The van der Waals surface area contributed by atoms with Crippen LogP contribution < -0.4 is 10.4 Å². The number of aromatic nitrogens is 2. The van der Waals surface area contributed by atoms with E-state index in [9.17, 15) is 23.2 Å². The predicted molar refractivity (Wildman–Crippen MR) is 98.2 cm³/mol. The fourth-order valence-electron chi connectivity index (χ4n) is 2.60. The third-order valence-electron chi connectivity index (χ3n) is 3.96. The number of anilines is 1. The van der Waals surface area contributed by atoms with E-state index in [1.807, 2.05) is 0 Å². The molecule has 1 aromatic heterocycles. The van der Waals surface area contributed by atoms with Crippen LogP contribution in [0.3, 0.4) is 0 Å². The molecular weight excluding hydrogens is 415 g/mol. The third-order valence-corrected chi connectivity index (χ3v) is 4.25. The van der Waals surface area contributed by atoms with Crippen LogP contribution in [-0.4, -0.2) is 38.8 Å². The van der Waals surface area contributed by atoms with Gasteiger partial charge in [0.15, 0.2) is 17.5 Å². The summed E-state index contributed by atoms with van der Waals surface area (Å²) >= 11 is 5.67. The lowest BCUT2D eigenvalue weighted by Gasteiger charge is -2.18. The number of H-pyrrole nitrogens is 1. The molecule has 0 fully saturated rings. The van der Waals surface area contributed by atoms with E-state index in [1.165, 1.54) is 0 Å². The number of hydrogen-bond acceptors (Lipinski definition) is 4. The molecule has 1 amide bonds. The number of fused-ring (bicyclic) bond motifs is 1. The summed E-state index contributed by atoms with van der Waals surface area (Å²) in [7, 11) is 0. The number of halogens is 4. The van der Waals surface area contributed by atoms with Gasteiger partial charge in [0.25, 0.3) is 0 Å². The number of rotatable bonds is 5. The van der Waals surface area contributed by atoms with Gasteiger partial charge in [0.1, 0.15) is 17.2 Å². The highest BCUT2D eigenvalue weighted by molar-refractivity contribution is 6.31. The van der Waals surface area contributed by atoms with Crippen LogP contribution in [0.5, 0.6) is 0 Å². The molecule has 0 atom stereocenters. The van der Waals surface area contributed by atoms with Gasteiger partial charge >= 0.3 is 6.09 Å². The van der Waals surface area contributed by atoms with Gasteiger partial charge in [-0.2, -0.15) is 0 Å². The van der Waals surface area contributed by atoms with Crippen LogP contribution in [0, 0.1) is 22.9 Å². The number of hydroxylamine groups is 1. The van der Waals surface area contributed by atoms with E-state index in [-0.39, 0.29) is 40.6 Å². The molecule has 0 aliphatic carbocycles. The van der Waals surface area contributed by atoms with Gasteiger partial charge in [0.2, 0.25) is 0 Å². The van der Waals surface area contributed by atoms with Crippen molar-refractivity contribution < 1.29 is 28.3 Å². The van der Waals surface area contributed by atoms with Gasteiger partial charge < -0.3 is 15.4 Å². The molecule has 0 saturated heterocycles. The minimum atomic E-state index is -1.30. The van der Waals surface area contributed by atoms with Crippen molar-refractivity contribution >= 4 is 40.3 Å². The average Bonchev–Trinajstić information content (AvgIpc) is 3.10. The van der Waals surface area contributed by atoms with Crippen molar-refractivity contribution in [1.29, 1.82) is 5.41 Å². The molecular formula is C17H13ClF3N5O3. The second-order valence-electron chi connectivity index (χ2n) is 5.87. The molecule has 0 radical (unpaired) electrons. The summed E-state index contributed by atoms with van der Waals surface area (Å²) in [6.45, 7) is -0.0355. The van der Waals surface area contributed by atoms with Crippen molar-refractivity contribution in [3.05, 3.63) is 58.1 Å². The monoisotopic (exact) mass is 427 g/mol.